The van der Waals surface area contributed by atoms with Crippen LogP contribution < -0.4 is 15.1 Å². The summed E-state index contributed by atoms with van der Waals surface area (Å²) in [5.41, 5.74) is 0. The lowest BCUT2D eigenvalue weighted by Gasteiger charge is -2.35. The number of nitrogens with zero attached hydrogens (tertiary/aromatic N) is 3. The second kappa shape index (κ2) is 39.4. The highest BCUT2D eigenvalue weighted by atomic mass is 19.3. The van der Waals surface area contributed by atoms with Gasteiger partial charge in [-0.05, 0) is 62.3 Å². The fraction of sp³-hybridized carbons (Fsp3) is 0.727. The number of hydrogen-bond acceptors (Lipinski definition) is 15. The fourth-order valence-electron chi connectivity index (χ4n) is 2.55. The number of carboxylic acids is 3. The first-order chi connectivity index (χ1) is 27.6. The van der Waals surface area contributed by atoms with Gasteiger partial charge in [0.05, 0.1) is 80.0 Å². The summed E-state index contributed by atoms with van der Waals surface area (Å²) in [5.74, 6) is -18.9. The zero-order valence-corrected chi connectivity index (χ0v) is 36.2. The molecule has 3 N–H and O–H groups in total. The van der Waals surface area contributed by atoms with Gasteiger partial charge in [-0.2, -0.15) is 26.3 Å². The van der Waals surface area contributed by atoms with Gasteiger partial charge < -0.3 is 58.1 Å². The summed E-state index contributed by atoms with van der Waals surface area (Å²) in [7, 11) is 3.96. The molecule has 0 atom stereocenters. The number of quaternary nitrogens is 3. The average Bonchev–Trinajstić information content (AvgIpc) is 3.20. The van der Waals surface area contributed by atoms with E-state index in [2.05, 4.69) is 97.7 Å². The molecule has 0 saturated heterocycles. The Balaban J connectivity index is -0.000000113. The first kappa shape index (κ1) is 70.8. The molecular formula is C33H60BF6N3O18. The Morgan fingerprint density at radius 1 is 0.410 bits per heavy atom. The van der Waals surface area contributed by atoms with Crippen LogP contribution in [0, 0.1) is 0 Å². The monoisotopic (exact) mass is 911 g/mol. The molecule has 0 aliphatic heterocycles. The number of carboxylic acid groups (broad SMARTS) is 3. The number of carbonyl (C=O) groups is 9. The lowest BCUT2D eigenvalue weighted by Crippen LogP contribution is -2.56. The van der Waals surface area contributed by atoms with Crippen LogP contribution in [0.4, 0.5) is 26.3 Å². The normalized spacial score (nSPS) is 10.2. The van der Waals surface area contributed by atoms with E-state index in [0.717, 1.165) is 0 Å². The van der Waals surface area contributed by atoms with E-state index in [4.69, 9.17) is 30.4 Å². The predicted octanol–water partition coefficient (Wildman–Crippen LogP) is -1.25. The zero-order chi connectivity index (χ0) is 50.5. The van der Waals surface area contributed by atoms with Crippen molar-refractivity contribution in [3.8, 4) is 0 Å². The highest BCUT2D eigenvalue weighted by molar-refractivity contribution is 6.31. The molecule has 28 heteroatoms. The average molecular weight is 912 g/mol. The summed E-state index contributed by atoms with van der Waals surface area (Å²) in [4.78, 5) is 87.8. The number of esters is 6. The van der Waals surface area contributed by atoms with Crippen molar-refractivity contribution < 1.29 is 128 Å². The number of aliphatic carboxylic acids is 3. The van der Waals surface area contributed by atoms with Crippen LogP contribution in [0.2, 0.25) is 0 Å². The van der Waals surface area contributed by atoms with E-state index in [0.29, 0.717) is 0 Å². The SMILES string of the molecule is CC[N+](C)(CC)CC.CC[N+](C)(CC)CC.CC[N+](C)(CC)CC.O=C(O)C(=O)OC(=O)C(F)F.O=C(O)C(=O)OC(=O)C(F)F.O=C(O)C(=O)OC(=O)C(F)F.[O-]B([O-])[O-]. The minimum absolute atomic E-state index is 1.21. The maximum Gasteiger partial charge on any atom is 0.425 e. The van der Waals surface area contributed by atoms with E-state index < -0.39 is 80.3 Å². The number of alkyl halides is 6. The van der Waals surface area contributed by atoms with E-state index in [9.17, 15) is 69.5 Å². The summed E-state index contributed by atoms with van der Waals surface area (Å²) < 4.78 is 80.5. The number of halogens is 6. The van der Waals surface area contributed by atoms with Crippen LogP contribution in [0.15, 0.2) is 0 Å². The van der Waals surface area contributed by atoms with Gasteiger partial charge in [0.15, 0.2) is 0 Å². The minimum atomic E-state index is -3.50. The molecule has 0 aromatic heterocycles. The molecule has 0 fully saturated rings. The molecule has 0 rings (SSSR count). The minimum Gasteiger partial charge on any atom is -0.907 e. The predicted molar refractivity (Wildman–Crippen MR) is 193 cm³/mol. The quantitative estimate of drug-likeness (QED) is 0.0392. The van der Waals surface area contributed by atoms with Crippen molar-refractivity contribution in [2.45, 2.75) is 81.6 Å². The summed E-state index contributed by atoms with van der Waals surface area (Å²) >= 11 is 0. The molecule has 61 heavy (non-hydrogen) atoms. The lowest BCUT2D eigenvalue weighted by molar-refractivity contribution is -0.904. The van der Waals surface area contributed by atoms with Crippen molar-refractivity contribution in [2.75, 3.05) is 80.0 Å². The molecule has 0 spiro atoms. The van der Waals surface area contributed by atoms with Crippen LogP contribution in [0.25, 0.3) is 0 Å². The largest absolute Gasteiger partial charge is 0.907 e. The number of hydrogen-bond donors (Lipinski definition) is 3. The van der Waals surface area contributed by atoms with Crippen LogP contribution in [0.3, 0.4) is 0 Å². The van der Waals surface area contributed by atoms with Gasteiger partial charge in [0, 0.05) is 0 Å². The van der Waals surface area contributed by atoms with Crippen molar-refractivity contribution in [1.29, 1.82) is 0 Å². The van der Waals surface area contributed by atoms with Gasteiger partial charge >= 0.3 is 73.0 Å². The maximum absolute atomic E-state index is 11.2. The third kappa shape index (κ3) is 46.2. The lowest BCUT2D eigenvalue weighted by atomic mass is 10.3. The standard InChI is InChI=1S/3C7H18N.3C4H2F2O5.BO3/c3*1-5-8(4,6-2)7-3;3*5-1(6)3(9)11-4(10)2(7)8;2-1(3)4/h3*5-7H2,1-4H3;3*1H,(H,7,8);/q3*+1;;;;-3. The van der Waals surface area contributed by atoms with E-state index >= 15 is 0 Å². The van der Waals surface area contributed by atoms with Crippen molar-refractivity contribution in [3.05, 3.63) is 0 Å². The summed E-state index contributed by atoms with van der Waals surface area (Å²) in [6.07, 6.45) is -10.5. The third-order valence-electron chi connectivity index (χ3n) is 8.51. The van der Waals surface area contributed by atoms with Gasteiger partial charge in [0.25, 0.3) is 0 Å². The van der Waals surface area contributed by atoms with Crippen LogP contribution in [0.1, 0.15) is 62.3 Å². The van der Waals surface area contributed by atoms with Gasteiger partial charge in [0.2, 0.25) is 0 Å². The summed E-state index contributed by atoms with van der Waals surface area (Å²) in [6, 6.07) is 0. The second-order valence-electron chi connectivity index (χ2n) is 11.9. The van der Waals surface area contributed by atoms with E-state index in [1.807, 2.05) is 0 Å². The molecule has 0 aliphatic carbocycles. The summed E-state index contributed by atoms with van der Waals surface area (Å²) in [6.45, 7) is 31.5. The van der Waals surface area contributed by atoms with Crippen LogP contribution >= 0.6 is 0 Å². The highest BCUT2D eigenvalue weighted by Crippen LogP contribution is 2.00. The van der Waals surface area contributed by atoms with Gasteiger partial charge in [-0.1, -0.05) is 0 Å². The zero-order valence-electron chi connectivity index (χ0n) is 36.2. The van der Waals surface area contributed by atoms with Crippen molar-refractivity contribution in [3.63, 3.8) is 0 Å². The Bertz CT molecular complexity index is 1130. The van der Waals surface area contributed by atoms with Gasteiger partial charge in [0.1, 0.15) is 0 Å². The topological polar surface area (TPSA) is 311 Å². The second-order valence-corrected chi connectivity index (χ2v) is 11.9. The Labute approximate surface area is 350 Å². The molecule has 0 saturated carbocycles. The highest BCUT2D eigenvalue weighted by Gasteiger charge is 2.26. The molecule has 0 heterocycles. The van der Waals surface area contributed by atoms with Crippen molar-refractivity contribution >= 4 is 61.0 Å². The van der Waals surface area contributed by atoms with Gasteiger partial charge in [-0.25, -0.2) is 43.2 Å². The number of ether oxygens (including phenoxy) is 3. The molecule has 0 bridgehead atoms. The Hall–Kier alpha value is -4.77. The fourth-order valence-corrected chi connectivity index (χ4v) is 2.55. The van der Waals surface area contributed by atoms with Crippen LogP contribution in [-0.2, 0) is 57.4 Å². The van der Waals surface area contributed by atoms with Gasteiger partial charge in [-0.3, -0.25) is 7.32 Å². The maximum atomic E-state index is 11.2. The molecular weight excluding hydrogens is 851 g/mol. The van der Waals surface area contributed by atoms with Crippen molar-refractivity contribution in [1.82, 2.24) is 0 Å². The molecule has 0 radical (unpaired) electrons. The summed E-state index contributed by atoms with van der Waals surface area (Å²) in [5, 5.41) is 48.5. The molecule has 21 nitrogen and oxygen atoms in total. The smallest absolute Gasteiger partial charge is 0.425 e. The molecule has 0 aromatic rings. The van der Waals surface area contributed by atoms with E-state index in [1.165, 1.54) is 72.4 Å². The Morgan fingerprint density at radius 2 is 0.525 bits per heavy atom. The molecule has 0 amide bonds. The van der Waals surface area contributed by atoms with Crippen LogP contribution in [0.5, 0.6) is 0 Å². The first-order valence-electron chi connectivity index (χ1n) is 17.9. The Morgan fingerprint density at radius 3 is 0.574 bits per heavy atom. The first-order valence-corrected chi connectivity index (χ1v) is 17.9. The van der Waals surface area contributed by atoms with E-state index in [1.54, 1.807) is 0 Å². The van der Waals surface area contributed by atoms with E-state index in [-0.39, 0.29) is 0 Å². The van der Waals surface area contributed by atoms with Gasteiger partial charge in [-0.15, -0.1) is 0 Å². The Kier molecular flexibility index (Phi) is 45.7. The molecule has 0 aliphatic rings. The molecule has 360 valence electrons. The molecule has 0 aromatic carbocycles. The van der Waals surface area contributed by atoms with Crippen LogP contribution in [-0.4, -0.2) is 189 Å². The number of rotatable bonds is 12. The third-order valence-corrected chi connectivity index (χ3v) is 8.51. The molecule has 0 unspecified atom stereocenters. The number of carbonyl (C=O) groups excluding carboxylic acids is 6. The van der Waals surface area contributed by atoms with Crippen molar-refractivity contribution in [2.24, 2.45) is 0 Å².